The molecule has 4 heterocycles. The van der Waals surface area contributed by atoms with Gasteiger partial charge in [0.2, 0.25) is 17.5 Å². The fraction of sp³-hybridized carbons (Fsp3) is 0.417. The molecular formula is C96H107Cl4N6O15+. The maximum absolute atomic E-state index is 15.0. The minimum absolute atomic E-state index is 0.0175. The van der Waals surface area contributed by atoms with Crippen LogP contribution in [0.3, 0.4) is 0 Å². The number of ketones is 4. The van der Waals surface area contributed by atoms with Gasteiger partial charge < -0.3 is 28.7 Å². The van der Waals surface area contributed by atoms with Crippen molar-refractivity contribution in [2.45, 2.75) is 205 Å². The molecule has 0 saturated carbocycles. The van der Waals surface area contributed by atoms with Gasteiger partial charge in [-0.3, -0.25) is 53.4 Å². The van der Waals surface area contributed by atoms with Gasteiger partial charge in [0.15, 0.2) is 11.6 Å². The number of fused-ring (bicyclic) bond motifs is 6. The highest BCUT2D eigenvalue weighted by Crippen LogP contribution is 2.47. The van der Waals surface area contributed by atoms with Crippen LogP contribution in [0.4, 0.5) is 9.59 Å². The molecule has 2 aliphatic heterocycles. The lowest BCUT2D eigenvalue weighted by Crippen LogP contribution is -2.54. The van der Waals surface area contributed by atoms with Gasteiger partial charge >= 0.3 is 29.3 Å². The largest absolute Gasteiger partial charge is 0.460 e. The number of aryl methyl sites for hydroxylation is 4. The number of rotatable bonds is 34. The Bertz CT molecular complexity index is 4960. The first-order chi connectivity index (χ1) is 57.8. The van der Waals surface area contributed by atoms with Crippen LogP contribution in [0.5, 0.6) is 0 Å². The molecule has 6 atom stereocenters. The van der Waals surface area contributed by atoms with Crippen LogP contribution < -0.4 is 4.73 Å². The van der Waals surface area contributed by atoms with E-state index in [2.05, 4.69) is 29.2 Å². The summed E-state index contributed by atoms with van der Waals surface area (Å²) in [5, 5.41) is 11.0. The van der Waals surface area contributed by atoms with Crippen molar-refractivity contribution in [3.05, 3.63) is 247 Å². The van der Waals surface area contributed by atoms with E-state index < -0.39 is 77.1 Å². The number of Topliss-reactive ketones (excluding diaryl/α,β-unsaturated/α-hetero) is 4. The number of carbonyl (C=O) groups excluding carboxylic acids is 10. The summed E-state index contributed by atoms with van der Waals surface area (Å²) < 4.78 is 24.0. The number of hydrogen-bond acceptors (Lipinski definition) is 16. The van der Waals surface area contributed by atoms with Gasteiger partial charge in [-0.25, -0.2) is 14.6 Å². The highest BCUT2D eigenvalue weighted by atomic mass is 35.5. The van der Waals surface area contributed by atoms with E-state index in [9.17, 15) is 43.6 Å². The number of amides is 4. The highest BCUT2D eigenvalue weighted by molar-refractivity contribution is 6.41. The third kappa shape index (κ3) is 24.5. The van der Waals surface area contributed by atoms with Gasteiger partial charge in [0, 0.05) is 112 Å². The number of aromatic nitrogens is 2. The van der Waals surface area contributed by atoms with Crippen molar-refractivity contribution in [3.8, 4) is 22.3 Å². The molecule has 121 heavy (non-hydrogen) atoms. The number of carbonyl (C=O) groups is 10. The molecule has 25 heteroatoms. The van der Waals surface area contributed by atoms with Crippen LogP contribution in [0.15, 0.2) is 182 Å². The summed E-state index contributed by atoms with van der Waals surface area (Å²) in [6.07, 6.45) is 0.377. The molecule has 1 N–H and O–H groups in total. The number of ether oxygens (including phenoxy) is 4. The molecule has 638 valence electrons. The van der Waals surface area contributed by atoms with E-state index in [-0.39, 0.29) is 178 Å². The fourth-order valence-electron chi connectivity index (χ4n) is 16.6. The summed E-state index contributed by atoms with van der Waals surface area (Å²) in [5.74, 6) is -3.46. The number of nitrogens with zero attached hydrogens (tertiary/aromatic N) is 6. The van der Waals surface area contributed by atoms with Gasteiger partial charge in [-0.15, -0.1) is 0 Å². The van der Waals surface area contributed by atoms with Crippen molar-refractivity contribution < 1.29 is 76.8 Å². The number of hydrogen-bond donors (Lipinski definition) is 1. The maximum atomic E-state index is 15.0. The predicted octanol–water partition coefficient (Wildman–Crippen LogP) is 18.1. The third-order valence-corrected chi connectivity index (χ3v) is 23.9. The summed E-state index contributed by atoms with van der Waals surface area (Å²) in [7, 11) is 0. The molecule has 0 radical (unpaired) electrons. The summed E-state index contributed by atoms with van der Waals surface area (Å²) in [6.45, 7) is 14.9. The average molecular weight is 1730 g/mol. The Balaban J connectivity index is 0.000000236. The first-order valence-electron chi connectivity index (χ1n) is 41.6. The quantitative estimate of drug-likeness (QED) is 0.0129. The minimum Gasteiger partial charge on any atom is -0.460 e. The van der Waals surface area contributed by atoms with Gasteiger partial charge in [-0.05, 0) is 184 Å². The maximum Gasteiger partial charge on any atom is 0.410 e. The molecule has 0 bridgehead atoms. The second-order valence-corrected chi connectivity index (χ2v) is 35.3. The van der Waals surface area contributed by atoms with Crippen molar-refractivity contribution >= 4 is 105 Å². The Morgan fingerprint density at radius 1 is 0.455 bits per heavy atom. The molecule has 8 aromatic rings. The molecule has 6 aromatic carbocycles. The highest BCUT2D eigenvalue weighted by Gasteiger charge is 2.47. The summed E-state index contributed by atoms with van der Waals surface area (Å²) in [6, 6.07) is 53.6. The average Bonchev–Trinajstić information content (AvgIpc) is 1.62. The topological polar surface area (TPSA) is 258 Å². The Labute approximate surface area is 728 Å². The van der Waals surface area contributed by atoms with E-state index in [1.165, 1.54) is 31.7 Å². The molecular weight excluding hydrogens is 1620 g/mol. The van der Waals surface area contributed by atoms with Crippen LogP contribution in [-0.4, -0.2) is 164 Å². The summed E-state index contributed by atoms with van der Waals surface area (Å²) in [5.41, 5.74) is 9.92. The smallest absolute Gasteiger partial charge is 0.410 e. The third-order valence-electron chi connectivity index (χ3n) is 22.4. The number of likely N-dealkylation sites (tertiary alicyclic amines) is 2. The van der Waals surface area contributed by atoms with Gasteiger partial charge in [-0.2, -0.15) is 0 Å². The molecule has 2 saturated heterocycles. The van der Waals surface area contributed by atoms with E-state index in [1.54, 1.807) is 53.7 Å². The van der Waals surface area contributed by atoms with E-state index >= 15 is 9.59 Å². The Morgan fingerprint density at radius 3 is 1.21 bits per heavy atom. The van der Waals surface area contributed by atoms with Gasteiger partial charge in [-0.1, -0.05) is 206 Å². The van der Waals surface area contributed by atoms with Crippen LogP contribution >= 0.6 is 46.4 Å². The first-order valence-corrected chi connectivity index (χ1v) is 43.1. The predicted molar refractivity (Wildman–Crippen MR) is 463 cm³/mol. The number of halogens is 4. The Hall–Kier alpha value is -10.3. The second kappa shape index (κ2) is 42.0. The van der Waals surface area contributed by atoms with E-state index in [0.717, 1.165) is 55.6 Å². The molecule has 2 aromatic heterocycles. The van der Waals surface area contributed by atoms with Gasteiger partial charge in [0.25, 0.3) is 0 Å². The van der Waals surface area contributed by atoms with Gasteiger partial charge in [0.05, 0.1) is 17.1 Å². The lowest BCUT2D eigenvalue weighted by molar-refractivity contribution is -0.907. The van der Waals surface area contributed by atoms with Gasteiger partial charge in [0.1, 0.15) is 58.2 Å². The van der Waals surface area contributed by atoms with Crippen LogP contribution in [0.2, 0.25) is 20.4 Å². The Morgan fingerprint density at radius 2 is 0.826 bits per heavy atom. The molecule has 0 spiro atoms. The monoisotopic (exact) mass is 1720 g/mol. The fourth-order valence-corrected chi connectivity index (χ4v) is 17.2. The van der Waals surface area contributed by atoms with Crippen molar-refractivity contribution in [1.29, 1.82) is 0 Å². The summed E-state index contributed by atoms with van der Waals surface area (Å²) >= 11 is 24.5. The molecule has 4 aliphatic rings. The Kier molecular flexibility index (Phi) is 31.7. The zero-order valence-electron chi connectivity index (χ0n) is 69.9. The van der Waals surface area contributed by atoms with E-state index in [4.69, 9.17) is 65.4 Å². The van der Waals surface area contributed by atoms with Crippen molar-refractivity contribution in [3.63, 3.8) is 0 Å². The number of pyridine rings is 2. The van der Waals surface area contributed by atoms with Crippen LogP contribution in [-0.2, 0) is 83.0 Å². The lowest BCUT2D eigenvalue weighted by atomic mass is 9.97. The molecule has 0 unspecified atom stereocenters. The zero-order chi connectivity index (χ0) is 86.8. The minimum atomic E-state index is -1.17. The second-order valence-electron chi connectivity index (χ2n) is 33.8. The number of esters is 2. The number of benzene rings is 6. The SMILES string of the molecule is C[C@@H]1C[C@@H](C(=O)N(CCC(=O)CCc2ccccc2)[C@H](CCC(=O)OC(C)(C)C)C(=O)CCc2ccc(Cl)c(Cl)[n+]2O)N(C(=O)OCC2c3ccccc3-c3ccccc32)C1.C[C@@H]1C[C@@H](C(=O)N(CCC(=O)CCc2ccccc2)[C@H](CCC(=O)OC(C)(C)C)C(=O)CCc2ccc(Cl)c(Cl)n2)N(C(=O)OCC2c3ccccc3-c3ccccc32)C1. The molecule has 4 amide bonds. The molecule has 12 rings (SSSR count). The lowest BCUT2D eigenvalue weighted by Gasteiger charge is -2.35. The first kappa shape index (κ1) is 91.4. The zero-order valence-corrected chi connectivity index (χ0v) is 72.9. The molecule has 21 nitrogen and oxygen atoms in total. The van der Waals surface area contributed by atoms with E-state index in [0.29, 0.717) is 41.8 Å². The van der Waals surface area contributed by atoms with Crippen LogP contribution in [0.25, 0.3) is 22.3 Å². The van der Waals surface area contributed by atoms with E-state index in [1.807, 2.05) is 147 Å². The standard InChI is InChI=1S/C48H54Cl2N3O8.C48H53Cl2N3O7/c1-31-28-42(52(29-31)47(58)60-30-39-37-16-10-8-14-35(37)36-15-9-11-17-38(36)39)46(57)51(27-26-34(54)21-18-32-12-6-5-7-13-32)41(23-25-44(56)61-48(2,3)4)43(55)24-20-33-19-22-40(49)45(50)53(33)59;1-31-28-42(53(29-31)47(58)59-30-39-37-16-10-8-14-35(37)36-15-9-11-17-38(36)39)46(57)52(27-26-34(54)21-18-32-12-6-5-7-13-32)41(23-25-44(56)60-48(2,3)4)43(55)24-20-33-19-22-40(49)45(50)51-33/h5-17,19,22,31,39,41-42,59H,18,20-21,23-30H2,1-4H3;5-17,19,22,31,39,41-42H,18,20-21,23-30H2,1-4H3/q+1;/t2*31-,41-,42+/m11/s1. The van der Waals surface area contributed by atoms with Crippen molar-refractivity contribution in [2.75, 3.05) is 39.4 Å². The van der Waals surface area contributed by atoms with Crippen LogP contribution in [0.1, 0.15) is 189 Å². The normalized spacial score (nSPS) is 16.4. The molecule has 2 fully saturated rings. The van der Waals surface area contributed by atoms with Crippen molar-refractivity contribution in [2.24, 2.45) is 11.8 Å². The van der Waals surface area contributed by atoms with Crippen LogP contribution in [0, 0.1) is 11.8 Å². The van der Waals surface area contributed by atoms with Crippen molar-refractivity contribution in [1.82, 2.24) is 24.6 Å². The summed E-state index contributed by atoms with van der Waals surface area (Å²) in [4.78, 5) is 150. The molecule has 2 aliphatic carbocycles.